The molecule has 1 saturated heterocycles. The van der Waals surface area contributed by atoms with Crippen molar-refractivity contribution in [2.24, 2.45) is 0 Å². The van der Waals surface area contributed by atoms with Crippen LogP contribution in [-0.2, 0) is 11.3 Å². The summed E-state index contributed by atoms with van der Waals surface area (Å²) in [5, 5.41) is 4.09. The highest BCUT2D eigenvalue weighted by molar-refractivity contribution is 7.15. The van der Waals surface area contributed by atoms with Crippen molar-refractivity contribution in [1.82, 2.24) is 15.2 Å². The Labute approximate surface area is 135 Å². The number of nitrogens with one attached hydrogen (secondary N) is 1. The lowest BCUT2D eigenvalue weighted by atomic mass is 10.1. The largest absolute Gasteiger partial charge is 0.352 e. The third-order valence-electron chi connectivity index (χ3n) is 3.99. The minimum atomic E-state index is 0.0616. The normalized spacial score (nSPS) is 18.5. The Balaban J connectivity index is 1.63. The summed E-state index contributed by atoms with van der Waals surface area (Å²) in [6.07, 6.45) is 3.02. The monoisotopic (exact) mass is 315 g/mol. The summed E-state index contributed by atoms with van der Waals surface area (Å²) in [5.41, 5.74) is 2.48. The first-order valence-corrected chi connectivity index (χ1v) is 8.43. The SMILES string of the molecule is CC(=O)N[C@H]1CCN(Cc2cnc(-c3ccccc3C)s2)C1. The quantitative estimate of drug-likeness (QED) is 0.943. The Hall–Kier alpha value is -1.72. The van der Waals surface area contributed by atoms with E-state index in [4.69, 9.17) is 0 Å². The predicted molar refractivity (Wildman–Crippen MR) is 89.8 cm³/mol. The summed E-state index contributed by atoms with van der Waals surface area (Å²) in [4.78, 5) is 19.4. The van der Waals surface area contributed by atoms with Crippen molar-refractivity contribution >= 4 is 17.2 Å². The van der Waals surface area contributed by atoms with Gasteiger partial charge in [0.05, 0.1) is 0 Å². The van der Waals surface area contributed by atoms with Gasteiger partial charge in [0.15, 0.2) is 0 Å². The first-order chi connectivity index (χ1) is 10.6. The Morgan fingerprint density at radius 1 is 1.45 bits per heavy atom. The molecule has 0 saturated carbocycles. The van der Waals surface area contributed by atoms with Crippen LogP contribution in [0.4, 0.5) is 0 Å². The molecule has 0 spiro atoms. The molecule has 1 amide bonds. The van der Waals surface area contributed by atoms with Crippen molar-refractivity contribution in [2.45, 2.75) is 32.9 Å². The Kier molecular flexibility index (Phi) is 4.55. The van der Waals surface area contributed by atoms with Crippen LogP contribution in [0.5, 0.6) is 0 Å². The molecular weight excluding hydrogens is 294 g/mol. The van der Waals surface area contributed by atoms with E-state index < -0.39 is 0 Å². The van der Waals surface area contributed by atoms with Gasteiger partial charge in [-0.15, -0.1) is 11.3 Å². The highest BCUT2D eigenvalue weighted by Crippen LogP contribution is 2.28. The average molecular weight is 315 g/mol. The number of hydrogen-bond acceptors (Lipinski definition) is 4. The molecule has 4 nitrogen and oxygen atoms in total. The molecule has 1 fully saturated rings. The van der Waals surface area contributed by atoms with Crippen LogP contribution in [0.3, 0.4) is 0 Å². The van der Waals surface area contributed by atoms with Crippen LogP contribution in [0.15, 0.2) is 30.5 Å². The number of hydrogen-bond donors (Lipinski definition) is 1. The van der Waals surface area contributed by atoms with Crippen molar-refractivity contribution in [3.05, 3.63) is 40.9 Å². The van der Waals surface area contributed by atoms with E-state index in [1.54, 1.807) is 18.3 Å². The van der Waals surface area contributed by atoms with Crippen molar-refractivity contribution in [3.8, 4) is 10.6 Å². The number of amides is 1. The molecule has 1 aromatic carbocycles. The number of benzene rings is 1. The molecule has 116 valence electrons. The third kappa shape index (κ3) is 3.54. The van der Waals surface area contributed by atoms with Crippen LogP contribution in [0.25, 0.3) is 10.6 Å². The van der Waals surface area contributed by atoms with Gasteiger partial charge in [-0.2, -0.15) is 0 Å². The fourth-order valence-corrected chi connectivity index (χ4v) is 3.97. The second kappa shape index (κ2) is 6.58. The summed E-state index contributed by atoms with van der Waals surface area (Å²) in [6.45, 7) is 6.58. The minimum Gasteiger partial charge on any atom is -0.352 e. The molecule has 0 radical (unpaired) electrons. The van der Waals surface area contributed by atoms with Crippen LogP contribution in [0, 0.1) is 6.92 Å². The Bertz CT molecular complexity index is 667. The van der Waals surface area contributed by atoms with Crippen molar-refractivity contribution in [2.75, 3.05) is 13.1 Å². The second-order valence-corrected chi connectivity index (χ2v) is 6.98. The molecule has 5 heteroatoms. The molecule has 22 heavy (non-hydrogen) atoms. The molecule has 0 bridgehead atoms. The standard InChI is InChI=1S/C17H21N3OS/c1-12-5-3-4-6-16(12)17-18-9-15(22-17)11-20-8-7-14(10-20)19-13(2)21/h3-6,9,14H,7-8,10-11H2,1-2H3,(H,19,21)/t14-/m0/s1. The van der Waals surface area contributed by atoms with Gasteiger partial charge in [-0.05, 0) is 18.9 Å². The summed E-state index contributed by atoms with van der Waals surface area (Å²) < 4.78 is 0. The Morgan fingerprint density at radius 3 is 3.05 bits per heavy atom. The lowest BCUT2D eigenvalue weighted by Gasteiger charge is -2.14. The van der Waals surface area contributed by atoms with Crippen molar-refractivity contribution in [1.29, 1.82) is 0 Å². The van der Waals surface area contributed by atoms with Crippen LogP contribution in [0.1, 0.15) is 23.8 Å². The van der Waals surface area contributed by atoms with E-state index in [0.717, 1.165) is 31.1 Å². The molecule has 1 aromatic heterocycles. The van der Waals surface area contributed by atoms with E-state index in [1.165, 1.54) is 16.0 Å². The van der Waals surface area contributed by atoms with Crippen LogP contribution in [0.2, 0.25) is 0 Å². The molecule has 0 aliphatic carbocycles. The highest BCUT2D eigenvalue weighted by atomic mass is 32.1. The molecular formula is C17H21N3OS. The van der Waals surface area contributed by atoms with E-state index in [9.17, 15) is 4.79 Å². The lowest BCUT2D eigenvalue weighted by molar-refractivity contribution is -0.119. The third-order valence-corrected chi connectivity index (χ3v) is 5.00. The van der Waals surface area contributed by atoms with E-state index in [0.29, 0.717) is 6.04 Å². The molecule has 3 rings (SSSR count). The number of likely N-dealkylation sites (tertiary alicyclic amines) is 1. The summed E-state index contributed by atoms with van der Waals surface area (Å²) in [7, 11) is 0. The molecule has 1 atom stereocenters. The number of carbonyl (C=O) groups excluding carboxylic acids is 1. The molecule has 1 aliphatic rings. The first-order valence-electron chi connectivity index (χ1n) is 7.62. The average Bonchev–Trinajstić information content (AvgIpc) is 3.09. The summed E-state index contributed by atoms with van der Waals surface area (Å²) in [6, 6.07) is 8.65. The number of nitrogens with zero attached hydrogens (tertiary/aromatic N) is 2. The smallest absolute Gasteiger partial charge is 0.217 e. The minimum absolute atomic E-state index is 0.0616. The van der Waals surface area contributed by atoms with Crippen molar-refractivity contribution < 1.29 is 4.79 Å². The van der Waals surface area contributed by atoms with Gasteiger partial charge >= 0.3 is 0 Å². The van der Waals surface area contributed by atoms with Gasteiger partial charge in [-0.3, -0.25) is 9.69 Å². The van der Waals surface area contributed by atoms with E-state index >= 15 is 0 Å². The van der Waals surface area contributed by atoms with E-state index in [2.05, 4.69) is 46.4 Å². The molecule has 1 aliphatic heterocycles. The number of aromatic nitrogens is 1. The van der Waals surface area contributed by atoms with Gasteiger partial charge in [0.1, 0.15) is 5.01 Å². The summed E-state index contributed by atoms with van der Waals surface area (Å²) >= 11 is 1.76. The maximum atomic E-state index is 11.1. The number of aryl methyl sites for hydroxylation is 1. The van der Waals surface area contributed by atoms with Gasteiger partial charge in [0, 0.05) is 49.2 Å². The van der Waals surface area contributed by atoms with Crippen LogP contribution in [-0.4, -0.2) is 34.9 Å². The van der Waals surface area contributed by atoms with Crippen LogP contribution < -0.4 is 5.32 Å². The van der Waals surface area contributed by atoms with Gasteiger partial charge < -0.3 is 5.32 Å². The van der Waals surface area contributed by atoms with E-state index in [-0.39, 0.29) is 5.91 Å². The fraction of sp³-hybridized carbons (Fsp3) is 0.412. The molecule has 2 aromatic rings. The topological polar surface area (TPSA) is 45.2 Å². The maximum Gasteiger partial charge on any atom is 0.217 e. The molecule has 0 unspecified atom stereocenters. The predicted octanol–water partition coefficient (Wildman–Crippen LogP) is 2.83. The van der Waals surface area contributed by atoms with Gasteiger partial charge in [0.2, 0.25) is 5.91 Å². The summed E-state index contributed by atoms with van der Waals surface area (Å²) in [5.74, 6) is 0.0616. The molecule has 1 N–H and O–H groups in total. The zero-order valence-corrected chi connectivity index (χ0v) is 13.8. The maximum absolute atomic E-state index is 11.1. The zero-order chi connectivity index (χ0) is 15.5. The van der Waals surface area contributed by atoms with Crippen LogP contribution >= 0.6 is 11.3 Å². The Morgan fingerprint density at radius 2 is 2.27 bits per heavy atom. The number of carbonyl (C=O) groups is 1. The number of thiazole rings is 1. The van der Waals surface area contributed by atoms with Crippen molar-refractivity contribution in [3.63, 3.8) is 0 Å². The second-order valence-electron chi connectivity index (χ2n) is 5.87. The molecule has 2 heterocycles. The zero-order valence-electron chi connectivity index (χ0n) is 13.0. The van der Waals surface area contributed by atoms with Gasteiger partial charge in [-0.1, -0.05) is 24.3 Å². The number of rotatable bonds is 4. The lowest BCUT2D eigenvalue weighted by Crippen LogP contribution is -2.35. The van der Waals surface area contributed by atoms with Gasteiger partial charge in [0.25, 0.3) is 0 Å². The highest BCUT2D eigenvalue weighted by Gasteiger charge is 2.23. The van der Waals surface area contributed by atoms with E-state index in [1.807, 2.05) is 6.20 Å². The van der Waals surface area contributed by atoms with Gasteiger partial charge in [-0.25, -0.2) is 4.98 Å². The fourth-order valence-electron chi connectivity index (χ4n) is 2.92. The first kappa shape index (κ1) is 15.2.